The van der Waals surface area contributed by atoms with Crippen molar-refractivity contribution in [3.63, 3.8) is 0 Å². The molecule has 1 aliphatic heterocycles. The van der Waals surface area contributed by atoms with E-state index in [1.165, 1.54) is 5.56 Å². The SMILES string of the molecule is Cc1cc(C)c2ncc(C#N)c(N3CCOC(C)C3)c2c1. The third-order valence-electron chi connectivity index (χ3n) is 3.96. The van der Waals surface area contributed by atoms with E-state index in [2.05, 4.69) is 48.9 Å². The Morgan fingerprint density at radius 2 is 2.19 bits per heavy atom. The van der Waals surface area contributed by atoms with Gasteiger partial charge in [-0.3, -0.25) is 4.98 Å². The first-order valence-corrected chi connectivity index (χ1v) is 7.26. The summed E-state index contributed by atoms with van der Waals surface area (Å²) in [6, 6.07) is 6.56. The van der Waals surface area contributed by atoms with Gasteiger partial charge in [0.2, 0.25) is 0 Å². The van der Waals surface area contributed by atoms with Gasteiger partial charge in [-0.25, -0.2) is 0 Å². The topological polar surface area (TPSA) is 49.2 Å². The maximum atomic E-state index is 9.47. The number of benzene rings is 1. The first kappa shape index (κ1) is 13.8. The fraction of sp³-hybridized carbons (Fsp3) is 0.412. The summed E-state index contributed by atoms with van der Waals surface area (Å²) in [6.45, 7) is 8.53. The molecule has 0 N–H and O–H groups in total. The highest BCUT2D eigenvalue weighted by Crippen LogP contribution is 2.32. The molecule has 1 saturated heterocycles. The quantitative estimate of drug-likeness (QED) is 0.806. The highest BCUT2D eigenvalue weighted by atomic mass is 16.5. The molecule has 0 aliphatic carbocycles. The van der Waals surface area contributed by atoms with Gasteiger partial charge in [0.25, 0.3) is 0 Å². The summed E-state index contributed by atoms with van der Waals surface area (Å²) in [6.07, 6.45) is 1.87. The number of anilines is 1. The lowest BCUT2D eigenvalue weighted by molar-refractivity contribution is 0.0533. The lowest BCUT2D eigenvalue weighted by Crippen LogP contribution is -2.41. The Labute approximate surface area is 125 Å². The van der Waals surface area contributed by atoms with Gasteiger partial charge < -0.3 is 9.64 Å². The second-order valence-electron chi connectivity index (χ2n) is 5.74. The van der Waals surface area contributed by atoms with E-state index in [-0.39, 0.29) is 6.10 Å². The second kappa shape index (κ2) is 5.34. The maximum absolute atomic E-state index is 9.47. The van der Waals surface area contributed by atoms with Crippen molar-refractivity contribution in [2.24, 2.45) is 0 Å². The molecule has 0 amide bonds. The molecule has 2 aromatic rings. The first-order valence-electron chi connectivity index (χ1n) is 7.26. The van der Waals surface area contributed by atoms with Gasteiger partial charge in [-0.05, 0) is 32.4 Å². The molecule has 1 aromatic heterocycles. The molecular formula is C17H19N3O. The Morgan fingerprint density at radius 1 is 1.38 bits per heavy atom. The van der Waals surface area contributed by atoms with E-state index in [1.807, 2.05) is 0 Å². The molecule has 0 bridgehead atoms. The van der Waals surface area contributed by atoms with Crippen LogP contribution in [0.3, 0.4) is 0 Å². The summed E-state index contributed by atoms with van der Waals surface area (Å²) < 4.78 is 5.62. The van der Waals surface area contributed by atoms with E-state index in [9.17, 15) is 5.26 Å². The van der Waals surface area contributed by atoms with Crippen LogP contribution in [0.2, 0.25) is 0 Å². The molecule has 0 radical (unpaired) electrons. The monoisotopic (exact) mass is 281 g/mol. The Kier molecular flexibility index (Phi) is 3.52. The van der Waals surface area contributed by atoms with Gasteiger partial charge in [-0.15, -0.1) is 0 Å². The molecule has 1 aliphatic rings. The van der Waals surface area contributed by atoms with Gasteiger partial charge in [0, 0.05) is 24.7 Å². The number of hydrogen-bond donors (Lipinski definition) is 0. The predicted molar refractivity (Wildman–Crippen MR) is 83.6 cm³/mol. The summed E-state index contributed by atoms with van der Waals surface area (Å²) in [4.78, 5) is 6.75. The number of rotatable bonds is 1. The largest absolute Gasteiger partial charge is 0.375 e. The molecule has 108 valence electrons. The van der Waals surface area contributed by atoms with Crippen molar-refractivity contribution in [3.05, 3.63) is 35.0 Å². The fourth-order valence-electron chi connectivity index (χ4n) is 3.09. The summed E-state index contributed by atoms with van der Waals surface area (Å²) in [5.41, 5.74) is 4.97. The van der Waals surface area contributed by atoms with E-state index in [0.29, 0.717) is 12.2 Å². The number of aryl methyl sites for hydroxylation is 2. The average Bonchev–Trinajstić information content (AvgIpc) is 2.45. The van der Waals surface area contributed by atoms with E-state index >= 15 is 0 Å². The molecule has 4 nitrogen and oxygen atoms in total. The Balaban J connectivity index is 2.25. The van der Waals surface area contributed by atoms with Crippen LogP contribution >= 0.6 is 0 Å². The van der Waals surface area contributed by atoms with Crippen molar-refractivity contribution in [1.82, 2.24) is 4.98 Å². The van der Waals surface area contributed by atoms with Crippen molar-refractivity contribution in [3.8, 4) is 6.07 Å². The molecule has 3 rings (SSSR count). The molecule has 1 aromatic carbocycles. The van der Waals surface area contributed by atoms with Crippen molar-refractivity contribution in [2.45, 2.75) is 26.9 Å². The zero-order valence-corrected chi connectivity index (χ0v) is 12.7. The lowest BCUT2D eigenvalue weighted by Gasteiger charge is -2.34. The maximum Gasteiger partial charge on any atom is 0.103 e. The molecular weight excluding hydrogens is 262 g/mol. The lowest BCUT2D eigenvalue weighted by atomic mass is 10.0. The van der Waals surface area contributed by atoms with Crippen molar-refractivity contribution in [2.75, 3.05) is 24.6 Å². The van der Waals surface area contributed by atoms with Crippen LogP contribution in [0.5, 0.6) is 0 Å². The molecule has 2 heterocycles. The minimum absolute atomic E-state index is 0.180. The van der Waals surface area contributed by atoms with Gasteiger partial charge in [0.1, 0.15) is 6.07 Å². The summed E-state index contributed by atoms with van der Waals surface area (Å²) in [7, 11) is 0. The second-order valence-corrected chi connectivity index (χ2v) is 5.74. The van der Waals surface area contributed by atoms with Crippen LogP contribution in [0.4, 0.5) is 5.69 Å². The molecule has 0 spiro atoms. The number of pyridine rings is 1. The number of hydrogen-bond acceptors (Lipinski definition) is 4. The highest BCUT2D eigenvalue weighted by molar-refractivity contribution is 5.96. The van der Waals surface area contributed by atoms with Crippen LogP contribution in [-0.2, 0) is 4.74 Å². The van der Waals surface area contributed by atoms with Crippen LogP contribution in [0.25, 0.3) is 10.9 Å². The molecule has 1 unspecified atom stereocenters. The predicted octanol–water partition coefficient (Wildman–Crippen LogP) is 2.95. The van der Waals surface area contributed by atoms with Crippen molar-refractivity contribution in [1.29, 1.82) is 5.26 Å². The minimum atomic E-state index is 0.180. The number of nitrogens with zero attached hydrogens (tertiary/aromatic N) is 3. The van der Waals surface area contributed by atoms with Crippen LogP contribution in [-0.4, -0.2) is 30.8 Å². The van der Waals surface area contributed by atoms with Crippen LogP contribution in [0, 0.1) is 25.2 Å². The van der Waals surface area contributed by atoms with Gasteiger partial charge >= 0.3 is 0 Å². The number of aromatic nitrogens is 1. The minimum Gasteiger partial charge on any atom is -0.375 e. The molecule has 1 atom stereocenters. The van der Waals surface area contributed by atoms with Crippen molar-refractivity contribution < 1.29 is 4.74 Å². The summed E-state index contributed by atoms with van der Waals surface area (Å²) in [5.74, 6) is 0. The Morgan fingerprint density at radius 3 is 2.90 bits per heavy atom. The standard InChI is InChI=1S/C17H19N3O/c1-11-6-12(2)16-15(7-11)17(14(8-18)9-19-16)20-4-5-21-13(3)10-20/h6-7,9,13H,4-5,10H2,1-3H3. The van der Waals surface area contributed by atoms with E-state index in [0.717, 1.165) is 35.2 Å². The van der Waals surface area contributed by atoms with Crippen LogP contribution in [0.15, 0.2) is 18.3 Å². The van der Waals surface area contributed by atoms with Gasteiger partial charge in [0.05, 0.1) is 29.5 Å². The average molecular weight is 281 g/mol. The third-order valence-corrected chi connectivity index (χ3v) is 3.96. The smallest absolute Gasteiger partial charge is 0.103 e. The number of morpholine rings is 1. The molecule has 21 heavy (non-hydrogen) atoms. The zero-order chi connectivity index (χ0) is 15.0. The molecule has 0 saturated carbocycles. The van der Waals surface area contributed by atoms with Gasteiger partial charge in [-0.1, -0.05) is 11.6 Å². The van der Waals surface area contributed by atoms with Crippen LogP contribution < -0.4 is 4.90 Å². The fourth-order valence-corrected chi connectivity index (χ4v) is 3.09. The third kappa shape index (κ3) is 2.45. The summed E-state index contributed by atoms with van der Waals surface area (Å²) in [5, 5.41) is 10.5. The Hall–Kier alpha value is -2.12. The molecule has 1 fully saturated rings. The number of ether oxygens (including phenoxy) is 1. The van der Waals surface area contributed by atoms with Crippen LogP contribution in [0.1, 0.15) is 23.6 Å². The van der Waals surface area contributed by atoms with Crippen molar-refractivity contribution >= 4 is 16.6 Å². The van der Waals surface area contributed by atoms with Gasteiger partial charge in [0.15, 0.2) is 0 Å². The normalized spacial score (nSPS) is 18.8. The summed E-state index contributed by atoms with van der Waals surface area (Å²) >= 11 is 0. The number of nitriles is 1. The highest BCUT2D eigenvalue weighted by Gasteiger charge is 2.22. The zero-order valence-electron chi connectivity index (χ0n) is 12.7. The van der Waals surface area contributed by atoms with E-state index in [1.54, 1.807) is 6.20 Å². The molecule has 4 heteroatoms. The Bertz CT molecular complexity index is 733. The van der Waals surface area contributed by atoms with E-state index < -0.39 is 0 Å². The van der Waals surface area contributed by atoms with Gasteiger partial charge in [-0.2, -0.15) is 5.26 Å². The number of fused-ring (bicyclic) bond motifs is 1. The first-order chi connectivity index (χ1) is 10.1. The van der Waals surface area contributed by atoms with E-state index in [4.69, 9.17) is 4.74 Å².